The number of nitrogens with zero attached hydrogens (tertiary/aromatic N) is 1. The van der Waals surface area contributed by atoms with Crippen molar-refractivity contribution in [3.8, 4) is 5.75 Å². The van der Waals surface area contributed by atoms with Gasteiger partial charge in [-0.25, -0.2) is 8.42 Å². The Balaban J connectivity index is 1.77. The molecule has 1 fully saturated rings. The minimum absolute atomic E-state index is 0.151. The van der Waals surface area contributed by atoms with Gasteiger partial charge in [-0.05, 0) is 56.5 Å². The van der Waals surface area contributed by atoms with Crippen molar-refractivity contribution in [1.29, 1.82) is 0 Å². The summed E-state index contributed by atoms with van der Waals surface area (Å²) in [6.45, 7) is 3.63. The Morgan fingerprint density at radius 1 is 1.06 bits per heavy atom. The van der Waals surface area contributed by atoms with Gasteiger partial charge in [0, 0.05) is 6.04 Å². The third-order valence-corrected chi connectivity index (χ3v) is 7.81. The van der Waals surface area contributed by atoms with E-state index in [1.807, 2.05) is 38.1 Å². The molecule has 0 heterocycles. The highest BCUT2D eigenvalue weighted by atomic mass is 32.2. The second kappa shape index (κ2) is 10.3. The highest BCUT2D eigenvalue weighted by Gasteiger charge is 2.34. The van der Waals surface area contributed by atoms with Gasteiger partial charge in [-0.3, -0.25) is 4.79 Å². The van der Waals surface area contributed by atoms with Crippen LogP contribution >= 0.6 is 0 Å². The summed E-state index contributed by atoms with van der Waals surface area (Å²) in [7, 11) is -2.16. The SMILES string of the molecule is COc1ccc([C@@H](C)NC(=O)CN(C2CCCCC2)S(=O)(=O)c2ccc(C)cc2)cc1. The van der Waals surface area contributed by atoms with Gasteiger partial charge in [-0.1, -0.05) is 49.1 Å². The molecule has 0 radical (unpaired) electrons. The van der Waals surface area contributed by atoms with Crippen LogP contribution < -0.4 is 10.1 Å². The van der Waals surface area contributed by atoms with Gasteiger partial charge in [0.1, 0.15) is 5.75 Å². The van der Waals surface area contributed by atoms with Crippen molar-refractivity contribution < 1.29 is 17.9 Å². The number of amides is 1. The molecule has 6 nitrogen and oxygen atoms in total. The highest BCUT2D eigenvalue weighted by molar-refractivity contribution is 7.89. The number of ether oxygens (including phenoxy) is 1. The van der Waals surface area contributed by atoms with Crippen molar-refractivity contribution >= 4 is 15.9 Å². The molecule has 168 valence electrons. The molecular weight excluding hydrogens is 412 g/mol. The lowest BCUT2D eigenvalue weighted by Gasteiger charge is -2.33. The van der Waals surface area contributed by atoms with Crippen molar-refractivity contribution in [2.24, 2.45) is 0 Å². The van der Waals surface area contributed by atoms with Gasteiger partial charge in [0.05, 0.1) is 24.6 Å². The third-order valence-electron chi connectivity index (χ3n) is 5.90. The summed E-state index contributed by atoms with van der Waals surface area (Å²) in [5.41, 5.74) is 1.92. The zero-order chi connectivity index (χ0) is 22.4. The van der Waals surface area contributed by atoms with Crippen molar-refractivity contribution in [2.75, 3.05) is 13.7 Å². The molecule has 7 heteroatoms. The molecule has 31 heavy (non-hydrogen) atoms. The van der Waals surface area contributed by atoms with Gasteiger partial charge >= 0.3 is 0 Å². The first-order chi connectivity index (χ1) is 14.8. The number of nitrogens with one attached hydrogen (secondary N) is 1. The van der Waals surface area contributed by atoms with Crippen LogP contribution in [0.4, 0.5) is 0 Å². The summed E-state index contributed by atoms with van der Waals surface area (Å²) in [6, 6.07) is 13.9. The van der Waals surface area contributed by atoms with E-state index in [9.17, 15) is 13.2 Å². The monoisotopic (exact) mass is 444 g/mol. The summed E-state index contributed by atoms with van der Waals surface area (Å²) in [5.74, 6) is 0.444. The van der Waals surface area contributed by atoms with E-state index in [1.165, 1.54) is 4.31 Å². The molecule has 1 amide bonds. The van der Waals surface area contributed by atoms with Crippen LogP contribution in [0.5, 0.6) is 5.75 Å². The van der Waals surface area contributed by atoms with E-state index in [1.54, 1.807) is 31.4 Å². The Morgan fingerprint density at radius 2 is 1.68 bits per heavy atom. The number of carbonyl (C=O) groups is 1. The molecule has 3 rings (SSSR count). The second-order valence-corrected chi connectivity index (χ2v) is 10.1. The topological polar surface area (TPSA) is 75.7 Å². The van der Waals surface area contributed by atoms with Gasteiger partial charge in [0.25, 0.3) is 0 Å². The molecule has 1 aliphatic carbocycles. The molecule has 1 atom stereocenters. The van der Waals surface area contributed by atoms with Gasteiger partial charge in [0.15, 0.2) is 0 Å². The molecule has 0 spiro atoms. The molecule has 1 aliphatic rings. The average Bonchev–Trinajstić information content (AvgIpc) is 2.78. The molecular formula is C24H32N2O4S. The number of benzene rings is 2. The maximum atomic E-state index is 13.4. The first-order valence-corrected chi connectivity index (χ1v) is 12.3. The van der Waals surface area contributed by atoms with Crippen LogP contribution in [0.3, 0.4) is 0 Å². The fourth-order valence-corrected chi connectivity index (χ4v) is 5.67. The predicted molar refractivity (Wildman–Crippen MR) is 121 cm³/mol. The van der Waals surface area contributed by atoms with Crippen molar-refractivity contribution in [1.82, 2.24) is 9.62 Å². The molecule has 0 saturated heterocycles. The summed E-state index contributed by atoms with van der Waals surface area (Å²) in [5, 5.41) is 2.95. The molecule has 0 unspecified atom stereocenters. The summed E-state index contributed by atoms with van der Waals surface area (Å²) < 4.78 is 33.5. The van der Waals surface area contributed by atoms with Crippen LogP contribution in [0.1, 0.15) is 56.2 Å². The molecule has 1 N–H and O–H groups in total. The van der Waals surface area contributed by atoms with Crippen LogP contribution in [0.25, 0.3) is 0 Å². The Labute approximate surface area is 185 Å². The highest BCUT2D eigenvalue weighted by Crippen LogP contribution is 2.28. The largest absolute Gasteiger partial charge is 0.497 e. The van der Waals surface area contributed by atoms with Crippen molar-refractivity contribution in [3.05, 3.63) is 59.7 Å². The number of rotatable bonds is 8. The Hall–Kier alpha value is -2.38. The van der Waals surface area contributed by atoms with E-state index in [0.29, 0.717) is 0 Å². The van der Waals surface area contributed by atoms with E-state index in [4.69, 9.17) is 4.74 Å². The average molecular weight is 445 g/mol. The maximum Gasteiger partial charge on any atom is 0.243 e. The van der Waals surface area contributed by atoms with Gasteiger partial charge < -0.3 is 10.1 Å². The lowest BCUT2D eigenvalue weighted by atomic mass is 9.95. The van der Waals surface area contributed by atoms with Crippen LogP contribution in [0, 0.1) is 6.92 Å². The van der Waals surface area contributed by atoms with E-state index in [2.05, 4.69) is 5.32 Å². The van der Waals surface area contributed by atoms with Crippen molar-refractivity contribution in [2.45, 2.75) is 62.9 Å². The second-order valence-electron chi connectivity index (χ2n) is 8.22. The quantitative estimate of drug-likeness (QED) is 0.662. The number of methoxy groups -OCH3 is 1. The summed E-state index contributed by atoms with van der Waals surface area (Å²) in [4.78, 5) is 13.1. The Bertz CT molecular complexity index is 966. The molecule has 1 saturated carbocycles. The van der Waals surface area contributed by atoms with E-state index >= 15 is 0 Å². The third kappa shape index (κ3) is 5.86. The maximum absolute atomic E-state index is 13.4. The minimum atomic E-state index is -3.77. The normalized spacial score (nSPS) is 16.1. The lowest BCUT2D eigenvalue weighted by molar-refractivity contribution is -0.122. The summed E-state index contributed by atoms with van der Waals surface area (Å²) in [6.07, 6.45) is 4.64. The number of hydrogen-bond acceptors (Lipinski definition) is 4. The first kappa shape index (κ1) is 23.3. The Kier molecular flexibility index (Phi) is 7.73. The molecule has 0 aromatic heterocycles. The predicted octanol–water partition coefficient (Wildman–Crippen LogP) is 4.20. The van der Waals surface area contributed by atoms with Gasteiger partial charge in [0.2, 0.25) is 15.9 Å². The summed E-state index contributed by atoms with van der Waals surface area (Å²) >= 11 is 0. The van der Waals surface area contributed by atoms with Crippen LogP contribution in [0.15, 0.2) is 53.4 Å². The molecule has 2 aromatic carbocycles. The van der Waals surface area contributed by atoms with E-state index in [0.717, 1.165) is 49.0 Å². The van der Waals surface area contributed by atoms with Crippen LogP contribution in [0.2, 0.25) is 0 Å². The minimum Gasteiger partial charge on any atom is -0.497 e. The zero-order valence-corrected chi connectivity index (χ0v) is 19.3. The van der Waals surface area contributed by atoms with Crippen LogP contribution in [-0.2, 0) is 14.8 Å². The lowest BCUT2D eigenvalue weighted by Crippen LogP contribution is -2.47. The standard InChI is InChI=1S/C24H32N2O4S/c1-18-9-15-23(16-10-18)31(28,29)26(21-7-5-4-6-8-21)17-24(27)25-19(2)20-11-13-22(30-3)14-12-20/h9-16,19,21H,4-8,17H2,1-3H3,(H,25,27)/t19-/m1/s1. The van der Waals surface area contributed by atoms with Crippen LogP contribution in [-0.4, -0.2) is 38.3 Å². The van der Waals surface area contributed by atoms with Gasteiger partial charge in [-0.15, -0.1) is 0 Å². The fraction of sp³-hybridized carbons (Fsp3) is 0.458. The molecule has 0 aliphatic heterocycles. The Morgan fingerprint density at radius 3 is 2.26 bits per heavy atom. The number of carbonyl (C=O) groups excluding carboxylic acids is 1. The zero-order valence-electron chi connectivity index (χ0n) is 18.5. The molecule has 2 aromatic rings. The van der Waals surface area contributed by atoms with E-state index in [-0.39, 0.29) is 29.4 Å². The first-order valence-electron chi connectivity index (χ1n) is 10.8. The number of hydrogen-bond donors (Lipinski definition) is 1. The number of sulfonamides is 1. The fourth-order valence-electron chi connectivity index (χ4n) is 4.03. The van der Waals surface area contributed by atoms with E-state index < -0.39 is 10.0 Å². The van der Waals surface area contributed by atoms with Crippen molar-refractivity contribution in [3.63, 3.8) is 0 Å². The number of aryl methyl sites for hydroxylation is 1. The van der Waals surface area contributed by atoms with Gasteiger partial charge in [-0.2, -0.15) is 4.31 Å². The molecule has 0 bridgehead atoms. The smallest absolute Gasteiger partial charge is 0.243 e.